The van der Waals surface area contributed by atoms with Crippen LogP contribution < -0.4 is 26.8 Å². The number of terminal acetylenes is 2. The Bertz CT molecular complexity index is 977. The van der Waals surface area contributed by atoms with Gasteiger partial charge in [-0.15, -0.1) is 25.7 Å². The van der Waals surface area contributed by atoms with Gasteiger partial charge in [-0.2, -0.15) is 11.3 Å². The fraction of sp³-hybridized carbons (Fsp3) is 0.280. The number of hydrogen-bond acceptors (Lipinski definition) is 7. The van der Waals surface area contributed by atoms with Crippen molar-refractivity contribution >= 4 is 22.7 Å². The zero-order valence-electron chi connectivity index (χ0n) is 18.6. The van der Waals surface area contributed by atoms with E-state index in [-0.39, 0.29) is 5.75 Å². The molecule has 2 aromatic carbocycles. The molecule has 0 aliphatic heterocycles. The number of aryl methyl sites for hydroxylation is 1. The van der Waals surface area contributed by atoms with E-state index in [1.54, 1.807) is 23.5 Å². The number of phenols is 1. The van der Waals surface area contributed by atoms with Crippen molar-refractivity contribution in [3.8, 4) is 31.4 Å². The quantitative estimate of drug-likeness (QED) is 0.226. The summed E-state index contributed by atoms with van der Waals surface area (Å²) in [7, 11) is 3.75. The van der Waals surface area contributed by atoms with Crippen molar-refractivity contribution in [1.29, 1.82) is 0 Å². The SMILES string of the molecule is C#C.C#C.CNC.O=c1c(NCCCc2ccc(O)cc2)c(NCCc2ccsc2)c1=O. The maximum atomic E-state index is 11.7. The van der Waals surface area contributed by atoms with Gasteiger partial charge in [-0.05, 0) is 73.4 Å². The molecule has 0 bridgehead atoms. The van der Waals surface area contributed by atoms with Gasteiger partial charge < -0.3 is 21.1 Å². The highest BCUT2D eigenvalue weighted by Gasteiger charge is 2.19. The molecule has 0 saturated heterocycles. The maximum Gasteiger partial charge on any atom is 0.253 e. The third-order valence-electron chi connectivity index (χ3n) is 4.09. The Kier molecular flexibility index (Phi) is 15.3. The molecule has 0 aliphatic rings. The Balaban J connectivity index is 0.00000124. The van der Waals surface area contributed by atoms with E-state index in [2.05, 4.69) is 53.1 Å². The van der Waals surface area contributed by atoms with Gasteiger partial charge in [-0.3, -0.25) is 9.59 Å². The Morgan fingerprint density at radius 2 is 1.34 bits per heavy atom. The molecular formula is C25H31N3O3S. The summed E-state index contributed by atoms with van der Waals surface area (Å²) < 4.78 is 0. The van der Waals surface area contributed by atoms with Gasteiger partial charge in [-0.1, -0.05) is 12.1 Å². The summed E-state index contributed by atoms with van der Waals surface area (Å²) in [6.45, 7) is 1.24. The van der Waals surface area contributed by atoms with Gasteiger partial charge in [-0.25, -0.2) is 0 Å². The molecule has 3 aromatic rings. The summed E-state index contributed by atoms with van der Waals surface area (Å²) in [4.78, 5) is 23.4. The van der Waals surface area contributed by atoms with E-state index in [1.165, 1.54) is 5.56 Å². The van der Waals surface area contributed by atoms with E-state index in [4.69, 9.17) is 0 Å². The van der Waals surface area contributed by atoms with Crippen LogP contribution in [0, 0.1) is 25.7 Å². The van der Waals surface area contributed by atoms with Crippen LogP contribution in [0.3, 0.4) is 0 Å². The third kappa shape index (κ3) is 9.53. The summed E-state index contributed by atoms with van der Waals surface area (Å²) in [5.74, 6) is 0.253. The van der Waals surface area contributed by atoms with E-state index >= 15 is 0 Å². The monoisotopic (exact) mass is 453 g/mol. The molecule has 0 atom stereocenters. The van der Waals surface area contributed by atoms with Crippen LogP contribution in [0.15, 0.2) is 50.7 Å². The van der Waals surface area contributed by atoms with Gasteiger partial charge in [0.15, 0.2) is 0 Å². The van der Waals surface area contributed by atoms with Gasteiger partial charge >= 0.3 is 0 Å². The Morgan fingerprint density at radius 1 is 0.812 bits per heavy atom. The molecule has 0 aliphatic carbocycles. The van der Waals surface area contributed by atoms with Crippen LogP contribution in [0.1, 0.15) is 17.5 Å². The van der Waals surface area contributed by atoms with Crippen LogP contribution in [0.5, 0.6) is 5.75 Å². The first-order valence-electron chi connectivity index (χ1n) is 9.92. The van der Waals surface area contributed by atoms with E-state index in [0.717, 1.165) is 24.8 Å². The van der Waals surface area contributed by atoms with Crippen molar-refractivity contribution in [2.24, 2.45) is 0 Å². The van der Waals surface area contributed by atoms with Gasteiger partial charge in [0, 0.05) is 13.1 Å². The van der Waals surface area contributed by atoms with Crippen molar-refractivity contribution < 1.29 is 5.11 Å². The largest absolute Gasteiger partial charge is 0.508 e. The van der Waals surface area contributed by atoms with Gasteiger partial charge in [0.1, 0.15) is 17.1 Å². The molecule has 7 heteroatoms. The second-order valence-corrected chi connectivity index (χ2v) is 7.19. The number of anilines is 2. The minimum Gasteiger partial charge on any atom is -0.508 e. The number of phenolic OH excluding ortho intramolecular Hbond substituents is 1. The Hall–Kier alpha value is -3.52. The number of aromatic hydroxyl groups is 1. The lowest BCUT2D eigenvalue weighted by molar-refractivity contribution is 0.475. The lowest BCUT2D eigenvalue weighted by Gasteiger charge is -2.14. The highest BCUT2D eigenvalue weighted by atomic mass is 32.1. The van der Waals surface area contributed by atoms with Crippen LogP contribution in [-0.4, -0.2) is 32.3 Å². The number of benzene rings is 1. The van der Waals surface area contributed by atoms with Crippen molar-refractivity contribution in [2.75, 3.05) is 37.8 Å². The normalized spacial score (nSPS) is 9.19. The fourth-order valence-corrected chi connectivity index (χ4v) is 3.37. The molecule has 0 saturated carbocycles. The second kappa shape index (κ2) is 17.2. The number of rotatable bonds is 9. The topological polar surface area (TPSA) is 90.5 Å². The zero-order chi connectivity index (χ0) is 24.4. The summed E-state index contributed by atoms with van der Waals surface area (Å²) in [6, 6.07) is 9.13. The fourth-order valence-electron chi connectivity index (χ4n) is 2.66. The first-order valence-corrected chi connectivity index (χ1v) is 10.9. The standard InChI is InChI=1S/C19H20N2O3S.C2H7N.2C2H2/c22-15-5-3-13(4-6-15)2-1-9-20-16-17(19(24)18(16)23)21-10-7-14-8-11-25-12-14;1-3-2;2*1-2/h3-6,8,11-12,20-22H,1-2,7,9-10H2;3H,1-2H3;2*1-2H. The molecule has 32 heavy (non-hydrogen) atoms. The smallest absolute Gasteiger partial charge is 0.253 e. The summed E-state index contributed by atoms with van der Waals surface area (Å²) in [6.07, 6.45) is 18.5. The maximum absolute atomic E-state index is 11.7. The zero-order valence-corrected chi connectivity index (χ0v) is 19.4. The molecule has 3 rings (SSSR count). The molecule has 4 N–H and O–H groups in total. The molecule has 0 fully saturated rings. The second-order valence-electron chi connectivity index (χ2n) is 6.41. The molecule has 170 valence electrons. The van der Waals surface area contributed by atoms with E-state index < -0.39 is 10.9 Å². The van der Waals surface area contributed by atoms with Crippen molar-refractivity contribution in [2.45, 2.75) is 19.3 Å². The van der Waals surface area contributed by atoms with Crippen LogP contribution in [0.25, 0.3) is 0 Å². The van der Waals surface area contributed by atoms with Crippen LogP contribution >= 0.6 is 11.3 Å². The molecule has 0 unspecified atom stereocenters. The summed E-state index contributed by atoms with van der Waals surface area (Å²) >= 11 is 1.65. The molecule has 0 spiro atoms. The van der Waals surface area contributed by atoms with Crippen molar-refractivity contribution in [3.05, 3.63) is 72.7 Å². The average Bonchev–Trinajstić information content (AvgIpc) is 3.35. The minimum absolute atomic E-state index is 0.253. The Labute approximate surface area is 194 Å². The predicted molar refractivity (Wildman–Crippen MR) is 138 cm³/mol. The van der Waals surface area contributed by atoms with E-state index in [1.807, 2.05) is 31.6 Å². The first kappa shape index (κ1) is 28.5. The lowest BCUT2D eigenvalue weighted by atomic mass is 10.1. The van der Waals surface area contributed by atoms with Gasteiger partial charge in [0.05, 0.1) is 0 Å². The van der Waals surface area contributed by atoms with Crippen LogP contribution in [0.2, 0.25) is 0 Å². The van der Waals surface area contributed by atoms with Gasteiger partial charge in [0.25, 0.3) is 10.9 Å². The van der Waals surface area contributed by atoms with Crippen LogP contribution in [0.4, 0.5) is 11.4 Å². The minimum atomic E-state index is -0.442. The highest BCUT2D eigenvalue weighted by Crippen LogP contribution is 2.16. The predicted octanol–water partition coefficient (Wildman–Crippen LogP) is 3.08. The molecule has 0 radical (unpaired) electrons. The number of nitrogens with one attached hydrogen (secondary N) is 3. The molecule has 0 amide bonds. The number of thiophene rings is 1. The summed E-state index contributed by atoms with van der Waals surface area (Å²) in [5.41, 5.74) is 2.28. The van der Waals surface area contributed by atoms with Crippen LogP contribution in [-0.2, 0) is 12.8 Å². The molecular weight excluding hydrogens is 422 g/mol. The Morgan fingerprint density at radius 3 is 1.84 bits per heavy atom. The highest BCUT2D eigenvalue weighted by molar-refractivity contribution is 7.07. The number of hydrogen-bond donors (Lipinski definition) is 4. The lowest BCUT2D eigenvalue weighted by Crippen LogP contribution is -2.38. The van der Waals surface area contributed by atoms with Gasteiger partial charge in [0.2, 0.25) is 0 Å². The average molecular weight is 454 g/mol. The third-order valence-corrected chi connectivity index (χ3v) is 4.82. The van der Waals surface area contributed by atoms with Crippen molar-refractivity contribution in [3.63, 3.8) is 0 Å². The molecule has 1 heterocycles. The first-order chi connectivity index (χ1) is 15.6. The van der Waals surface area contributed by atoms with E-state index in [9.17, 15) is 14.7 Å². The summed E-state index contributed by atoms with van der Waals surface area (Å²) in [5, 5.41) is 22.3. The molecule has 6 nitrogen and oxygen atoms in total. The van der Waals surface area contributed by atoms with Crippen molar-refractivity contribution in [1.82, 2.24) is 5.32 Å². The molecule has 1 aromatic heterocycles. The van der Waals surface area contributed by atoms with E-state index in [0.29, 0.717) is 24.5 Å².